The molecule has 0 bridgehead atoms. The third-order valence-electron chi connectivity index (χ3n) is 4.23. The number of benzene rings is 2. The number of hydrogen-bond donors (Lipinski definition) is 1. The van der Waals surface area contributed by atoms with Gasteiger partial charge < -0.3 is 9.72 Å². The zero-order chi connectivity index (χ0) is 19.7. The van der Waals surface area contributed by atoms with E-state index in [4.69, 9.17) is 16.3 Å². The predicted octanol–water partition coefficient (Wildman–Crippen LogP) is 5.54. The van der Waals surface area contributed by atoms with Crippen LogP contribution in [0.1, 0.15) is 11.4 Å². The fourth-order valence-electron chi connectivity index (χ4n) is 2.82. The van der Waals surface area contributed by atoms with E-state index < -0.39 is 0 Å². The molecule has 2 aromatic carbocycles. The van der Waals surface area contributed by atoms with E-state index in [2.05, 4.69) is 9.97 Å². The highest BCUT2D eigenvalue weighted by molar-refractivity contribution is 7.17. The van der Waals surface area contributed by atoms with E-state index in [0.29, 0.717) is 21.1 Å². The summed E-state index contributed by atoms with van der Waals surface area (Å²) in [5.74, 6) is 0.712. The van der Waals surface area contributed by atoms with Gasteiger partial charge in [0.25, 0.3) is 5.56 Å². The van der Waals surface area contributed by atoms with Crippen molar-refractivity contribution in [2.75, 3.05) is 7.11 Å². The molecule has 0 fully saturated rings. The quantitative estimate of drug-likeness (QED) is 0.479. The van der Waals surface area contributed by atoms with Crippen molar-refractivity contribution < 1.29 is 9.13 Å². The highest BCUT2D eigenvalue weighted by Crippen LogP contribution is 2.31. The predicted molar refractivity (Wildman–Crippen MR) is 112 cm³/mol. The maximum Gasteiger partial charge on any atom is 0.260 e. The first-order valence-electron chi connectivity index (χ1n) is 8.34. The van der Waals surface area contributed by atoms with Crippen LogP contribution in [-0.2, 0) is 0 Å². The summed E-state index contributed by atoms with van der Waals surface area (Å²) in [6, 6.07) is 13.4. The van der Waals surface area contributed by atoms with E-state index in [9.17, 15) is 9.18 Å². The molecule has 2 heterocycles. The first-order chi connectivity index (χ1) is 13.5. The summed E-state index contributed by atoms with van der Waals surface area (Å²) in [7, 11) is 1.60. The number of ether oxygens (including phenoxy) is 1. The van der Waals surface area contributed by atoms with Gasteiger partial charge in [-0.05, 0) is 41.5 Å². The standard InChI is InChI=1S/C21H14ClFN2O2S/c1-27-15-8-2-12(3-9-15)10-17(22)19-24-20(26)18-16(11-28-21(18)25-19)13-4-6-14(23)7-5-13/h2-11H,1H3,(H,24,25,26)/b17-10-. The molecule has 7 heteroatoms. The maximum atomic E-state index is 13.2. The maximum absolute atomic E-state index is 13.2. The van der Waals surface area contributed by atoms with Crippen LogP contribution in [0.4, 0.5) is 4.39 Å². The molecule has 140 valence electrons. The largest absolute Gasteiger partial charge is 0.497 e. The molecule has 0 radical (unpaired) electrons. The fourth-order valence-corrected chi connectivity index (χ4v) is 3.98. The Labute approximate surface area is 168 Å². The summed E-state index contributed by atoms with van der Waals surface area (Å²) >= 11 is 7.73. The number of fused-ring (bicyclic) bond motifs is 1. The van der Waals surface area contributed by atoms with Gasteiger partial charge in [-0.2, -0.15) is 0 Å². The number of rotatable bonds is 4. The molecule has 0 amide bonds. The van der Waals surface area contributed by atoms with Crippen molar-refractivity contribution in [3.63, 3.8) is 0 Å². The molecular formula is C21H14ClFN2O2S. The van der Waals surface area contributed by atoms with Crippen molar-refractivity contribution in [2.45, 2.75) is 0 Å². The Kier molecular flexibility index (Phi) is 4.98. The molecule has 0 aliphatic carbocycles. The summed E-state index contributed by atoms with van der Waals surface area (Å²) in [6.07, 6.45) is 1.72. The van der Waals surface area contributed by atoms with E-state index in [0.717, 1.165) is 22.4 Å². The van der Waals surface area contributed by atoms with E-state index in [1.807, 2.05) is 29.6 Å². The van der Waals surface area contributed by atoms with Crippen LogP contribution in [0.25, 0.3) is 32.5 Å². The third kappa shape index (κ3) is 3.56. The molecule has 4 aromatic rings. The summed E-state index contributed by atoms with van der Waals surface area (Å²) in [4.78, 5) is 20.5. The molecule has 28 heavy (non-hydrogen) atoms. The number of hydrogen-bond acceptors (Lipinski definition) is 4. The second-order valence-corrected chi connectivity index (χ2v) is 7.28. The number of thiophene rings is 1. The second-order valence-electron chi connectivity index (χ2n) is 6.02. The molecule has 0 aliphatic rings. The van der Waals surface area contributed by atoms with Gasteiger partial charge in [0, 0.05) is 10.9 Å². The lowest BCUT2D eigenvalue weighted by Crippen LogP contribution is -2.10. The Morgan fingerprint density at radius 3 is 2.57 bits per heavy atom. The van der Waals surface area contributed by atoms with Gasteiger partial charge in [0.15, 0.2) is 5.82 Å². The van der Waals surface area contributed by atoms with Crippen molar-refractivity contribution in [1.82, 2.24) is 9.97 Å². The van der Waals surface area contributed by atoms with Crippen LogP contribution >= 0.6 is 22.9 Å². The Balaban J connectivity index is 1.74. The number of nitrogens with zero attached hydrogens (tertiary/aromatic N) is 1. The van der Waals surface area contributed by atoms with Crippen LogP contribution in [0.5, 0.6) is 5.75 Å². The molecule has 0 saturated heterocycles. The molecule has 0 unspecified atom stereocenters. The molecule has 0 atom stereocenters. The van der Waals surface area contributed by atoms with Gasteiger partial charge in [0.2, 0.25) is 0 Å². The van der Waals surface area contributed by atoms with Gasteiger partial charge in [-0.3, -0.25) is 4.79 Å². The molecule has 4 rings (SSSR count). The summed E-state index contributed by atoms with van der Waals surface area (Å²) < 4.78 is 18.3. The minimum absolute atomic E-state index is 0.290. The normalized spacial score (nSPS) is 11.8. The zero-order valence-electron chi connectivity index (χ0n) is 14.7. The Bertz CT molecular complexity index is 1230. The number of nitrogens with one attached hydrogen (secondary N) is 1. The Hall–Kier alpha value is -2.96. The van der Waals surface area contributed by atoms with E-state index in [1.165, 1.54) is 23.5 Å². The first kappa shape index (κ1) is 18.4. The van der Waals surface area contributed by atoms with Crippen LogP contribution in [0, 0.1) is 5.82 Å². The van der Waals surface area contributed by atoms with Gasteiger partial charge in [-0.1, -0.05) is 35.9 Å². The highest BCUT2D eigenvalue weighted by atomic mass is 35.5. The summed E-state index contributed by atoms with van der Waals surface area (Å²) in [5, 5.41) is 2.63. The minimum Gasteiger partial charge on any atom is -0.497 e. The molecule has 0 spiro atoms. The van der Waals surface area contributed by atoms with Crippen molar-refractivity contribution in [3.8, 4) is 16.9 Å². The molecule has 4 nitrogen and oxygen atoms in total. The van der Waals surface area contributed by atoms with Crippen LogP contribution in [-0.4, -0.2) is 17.1 Å². The van der Waals surface area contributed by atoms with Crippen molar-refractivity contribution in [2.24, 2.45) is 0 Å². The molecular weight excluding hydrogens is 399 g/mol. The van der Waals surface area contributed by atoms with Gasteiger partial charge in [0.1, 0.15) is 16.4 Å². The van der Waals surface area contributed by atoms with Crippen LogP contribution < -0.4 is 10.3 Å². The van der Waals surface area contributed by atoms with Crippen LogP contribution in [0.15, 0.2) is 58.7 Å². The Morgan fingerprint density at radius 2 is 1.89 bits per heavy atom. The van der Waals surface area contributed by atoms with Gasteiger partial charge in [-0.15, -0.1) is 11.3 Å². The number of methoxy groups -OCH3 is 1. The number of halogens is 2. The molecule has 2 aromatic heterocycles. The van der Waals surface area contributed by atoms with E-state index in [1.54, 1.807) is 25.3 Å². The Morgan fingerprint density at radius 1 is 1.18 bits per heavy atom. The van der Waals surface area contributed by atoms with Gasteiger partial charge in [0.05, 0.1) is 17.5 Å². The van der Waals surface area contributed by atoms with Crippen molar-refractivity contribution >= 4 is 44.3 Å². The van der Waals surface area contributed by atoms with E-state index >= 15 is 0 Å². The fraction of sp³-hybridized carbons (Fsp3) is 0.0476. The van der Waals surface area contributed by atoms with Gasteiger partial charge >= 0.3 is 0 Å². The zero-order valence-corrected chi connectivity index (χ0v) is 16.3. The van der Waals surface area contributed by atoms with Crippen LogP contribution in [0.2, 0.25) is 0 Å². The van der Waals surface area contributed by atoms with Gasteiger partial charge in [-0.25, -0.2) is 9.37 Å². The van der Waals surface area contributed by atoms with Crippen LogP contribution in [0.3, 0.4) is 0 Å². The summed E-state index contributed by atoms with van der Waals surface area (Å²) in [5.41, 5.74) is 2.04. The number of aromatic nitrogens is 2. The number of H-pyrrole nitrogens is 1. The SMILES string of the molecule is COc1ccc(/C=C(\Cl)c2nc3scc(-c4ccc(F)cc4)c3c(=O)[nH]2)cc1. The smallest absolute Gasteiger partial charge is 0.260 e. The molecule has 0 aliphatic heterocycles. The third-order valence-corrected chi connectivity index (χ3v) is 5.39. The highest BCUT2D eigenvalue weighted by Gasteiger charge is 2.14. The summed E-state index contributed by atoms with van der Waals surface area (Å²) in [6.45, 7) is 0. The topological polar surface area (TPSA) is 55.0 Å². The lowest BCUT2D eigenvalue weighted by atomic mass is 10.1. The average Bonchev–Trinajstić information content (AvgIpc) is 3.14. The molecule has 1 N–H and O–H groups in total. The minimum atomic E-state index is -0.326. The van der Waals surface area contributed by atoms with Crippen molar-refractivity contribution in [1.29, 1.82) is 0 Å². The first-order valence-corrected chi connectivity index (χ1v) is 9.60. The lowest BCUT2D eigenvalue weighted by Gasteiger charge is -2.03. The average molecular weight is 413 g/mol. The second kappa shape index (κ2) is 7.58. The van der Waals surface area contributed by atoms with E-state index in [-0.39, 0.29) is 11.4 Å². The van der Waals surface area contributed by atoms with Crippen molar-refractivity contribution in [3.05, 3.63) is 81.5 Å². The molecule has 0 saturated carbocycles. The lowest BCUT2D eigenvalue weighted by molar-refractivity contribution is 0.415. The monoisotopic (exact) mass is 412 g/mol. The number of aromatic amines is 1.